The summed E-state index contributed by atoms with van der Waals surface area (Å²) in [6, 6.07) is 6.98. The van der Waals surface area contributed by atoms with Crippen LogP contribution in [0, 0.1) is 0 Å². The van der Waals surface area contributed by atoms with Gasteiger partial charge in [0.1, 0.15) is 11.6 Å². The van der Waals surface area contributed by atoms with Crippen LogP contribution in [0.3, 0.4) is 0 Å². The molecule has 0 spiro atoms. The molecule has 0 aliphatic heterocycles. The quantitative estimate of drug-likeness (QED) is 0.880. The van der Waals surface area contributed by atoms with Crippen LogP contribution >= 0.6 is 0 Å². The molecule has 2 heterocycles. The third-order valence-electron chi connectivity index (χ3n) is 3.30. The highest BCUT2D eigenvalue weighted by atomic mass is 16.4. The molecule has 0 amide bonds. The molecule has 0 saturated heterocycles. The minimum absolute atomic E-state index is 0.172. The van der Waals surface area contributed by atoms with Gasteiger partial charge in [-0.15, -0.1) is 0 Å². The number of hydrogen-bond acceptors (Lipinski definition) is 4. The Morgan fingerprint density at radius 1 is 1.43 bits per heavy atom. The van der Waals surface area contributed by atoms with E-state index in [0.29, 0.717) is 18.9 Å². The molecule has 0 fully saturated rings. The lowest BCUT2D eigenvalue weighted by molar-refractivity contribution is 0.0696. The summed E-state index contributed by atoms with van der Waals surface area (Å²) in [6.45, 7) is 7.29. The molecule has 0 unspecified atom stereocenters. The lowest BCUT2D eigenvalue weighted by Crippen LogP contribution is -2.23. The molecule has 0 bridgehead atoms. The minimum atomic E-state index is -0.936. The Balaban J connectivity index is 2.37. The predicted molar refractivity (Wildman–Crippen MR) is 80.7 cm³/mol. The third kappa shape index (κ3) is 3.62. The van der Waals surface area contributed by atoms with Gasteiger partial charge in [-0.2, -0.15) is 0 Å². The molecule has 2 aromatic heterocycles. The van der Waals surface area contributed by atoms with Crippen LogP contribution in [0.4, 0.5) is 5.82 Å². The van der Waals surface area contributed by atoms with Gasteiger partial charge in [-0.25, -0.2) is 9.78 Å². The normalized spacial score (nSPS) is 10.9. The van der Waals surface area contributed by atoms with Crippen molar-refractivity contribution in [3.63, 3.8) is 0 Å². The number of furan rings is 1. The van der Waals surface area contributed by atoms with E-state index in [-0.39, 0.29) is 11.5 Å². The van der Waals surface area contributed by atoms with Gasteiger partial charge in [0.15, 0.2) is 0 Å². The van der Waals surface area contributed by atoms with Crippen molar-refractivity contribution in [1.82, 2.24) is 4.98 Å². The Bertz CT molecular complexity index is 606. The molecule has 2 rings (SSSR count). The highest BCUT2D eigenvalue weighted by Crippen LogP contribution is 2.22. The molecule has 0 aliphatic carbocycles. The molecule has 2 aromatic rings. The largest absolute Gasteiger partial charge is 0.478 e. The lowest BCUT2D eigenvalue weighted by Gasteiger charge is -2.22. The lowest BCUT2D eigenvalue weighted by atomic mass is 10.1. The number of carboxylic acids is 1. The first-order chi connectivity index (χ1) is 10.0. The zero-order chi connectivity index (χ0) is 15.4. The van der Waals surface area contributed by atoms with Crippen molar-refractivity contribution < 1.29 is 14.3 Å². The molecule has 0 atom stereocenters. The second-order valence-electron chi connectivity index (χ2n) is 5.19. The summed E-state index contributed by atoms with van der Waals surface area (Å²) in [6.07, 6.45) is 1.63. The number of pyridine rings is 1. The number of aromatic nitrogens is 1. The average molecular weight is 288 g/mol. The van der Waals surface area contributed by atoms with Crippen molar-refractivity contribution in [1.29, 1.82) is 0 Å². The highest BCUT2D eigenvalue weighted by molar-refractivity contribution is 5.88. The Morgan fingerprint density at radius 2 is 2.19 bits per heavy atom. The van der Waals surface area contributed by atoms with Crippen molar-refractivity contribution in [2.45, 2.75) is 33.2 Å². The fourth-order valence-corrected chi connectivity index (χ4v) is 2.06. The Kier molecular flexibility index (Phi) is 4.62. The summed E-state index contributed by atoms with van der Waals surface area (Å²) >= 11 is 0. The smallest absolute Gasteiger partial charge is 0.335 e. The minimum Gasteiger partial charge on any atom is -0.478 e. The van der Waals surface area contributed by atoms with Crippen LogP contribution in [-0.4, -0.2) is 22.6 Å². The fraction of sp³-hybridized carbons (Fsp3) is 0.375. The molecule has 5 nitrogen and oxygen atoms in total. The van der Waals surface area contributed by atoms with Crippen LogP contribution in [0.25, 0.3) is 0 Å². The number of aromatic carboxylic acids is 1. The Hall–Kier alpha value is -2.30. The second-order valence-corrected chi connectivity index (χ2v) is 5.19. The van der Waals surface area contributed by atoms with Gasteiger partial charge in [0.2, 0.25) is 0 Å². The Labute approximate surface area is 124 Å². The molecular formula is C16H20N2O3. The van der Waals surface area contributed by atoms with Crippen molar-refractivity contribution in [3.05, 3.63) is 47.5 Å². The van der Waals surface area contributed by atoms with Gasteiger partial charge in [0, 0.05) is 12.2 Å². The molecule has 0 aliphatic rings. The summed E-state index contributed by atoms with van der Waals surface area (Å²) in [5, 5.41) is 9.26. The summed E-state index contributed by atoms with van der Waals surface area (Å²) < 4.78 is 5.36. The first-order valence-electron chi connectivity index (χ1n) is 7.03. The fourth-order valence-electron chi connectivity index (χ4n) is 2.06. The van der Waals surface area contributed by atoms with Gasteiger partial charge in [-0.1, -0.05) is 13.8 Å². The topological polar surface area (TPSA) is 66.6 Å². The number of carbonyl (C=O) groups is 1. The number of hydrogen-bond donors (Lipinski definition) is 1. The number of rotatable bonds is 6. The van der Waals surface area contributed by atoms with E-state index in [1.807, 2.05) is 37.8 Å². The summed E-state index contributed by atoms with van der Waals surface area (Å²) in [5.41, 5.74) is 1.05. The summed E-state index contributed by atoms with van der Waals surface area (Å²) in [5.74, 6) is 0.725. The maximum absolute atomic E-state index is 11.3. The number of nitrogens with zero attached hydrogens (tertiary/aromatic N) is 2. The highest BCUT2D eigenvalue weighted by Gasteiger charge is 2.15. The third-order valence-corrected chi connectivity index (χ3v) is 3.30. The summed E-state index contributed by atoms with van der Waals surface area (Å²) in [4.78, 5) is 17.9. The van der Waals surface area contributed by atoms with E-state index in [9.17, 15) is 9.90 Å². The molecule has 21 heavy (non-hydrogen) atoms. The van der Waals surface area contributed by atoms with Crippen molar-refractivity contribution in [2.24, 2.45) is 0 Å². The predicted octanol–water partition coefficient (Wildman–Crippen LogP) is 3.52. The maximum Gasteiger partial charge on any atom is 0.335 e. The van der Waals surface area contributed by atoms with Crippen LogP contribution in [0.1, 0.15) is 48.5 Å². The van der Waals surface area contributed by atoms with Crippen molar-refractivity contribution in [2.75, 3.05) is 11.4 Å². The monoisotopic (exact) mass is 288 g/mol. The molecule has 1 N–H and O–H groups in total. The van der Waals surface area contributed by atoms with E-state index in [4.69, 9.17) is 4.42 Å². The van der Waals surface area contributed by atoms with E-state index in [2.05, 4.69) is 4.98 Å². The van der Waals surface area contributed by atoms with Crippen LogP contribution in [0.2, 0.25) is 0 Å². The van der Waals surface area contributed by atoms with E-state index in [1.54, 1.807) is 18.4 Å². The maximum atomic E-state index is 11.3. The van der Waals surface area contributed by atoms with Crippen molar-refractivity contribution >= 4 is 11.8 Å². The number of carboxylic acid groups (broad SMARTS) is 1. The van der Waals surface area contributed by atoms with Crippen LogP contribution < -0.4 is 4.90 Å². The van der Waals surface area contributed by atoms with Gasteiger partial charge in [0.25, 0.3) is 0 Å². The average Bonchev–Trinajstić information content (AvgIpc) is 2.97. The molecular weight excluding hydrogens is 268 g/mol. The first kappa shape index (κ1) is 15.1. The first-order valence-corrected chi connectivity index (χ1v) is 7.03. The van der Waals surface area contributed by atoms with E-state index < -0.39 is 5.97 Å². The Morgan fingerprint density at radius 3 is 2.71 bits per heavy atom. The van der Waals surface area contributed by atoms with E-state index in [0.717, 1.165) is 11.5 Å². The summed E-state index contributed by atoms with van der Waals surface area (Å²) in [7, 11) is 0. The van der Waals surface area contributed by atoms with E-state index >= 15 is 0 Å². The van der Waals surface area contributed by atoms with Gasteiger partial charge in [-0.3, -0.25) is 0 Å². The van der Waals surface area contributed by atoms with Gasteiger partial charge >= 0.3 is 5.97 Å². The molecule has 0 aromatic carbocycles. The van der Waals surface area contributed by atoms with E-state index in [1.165, 1.54) is 0 Å². The van der Waals surface area contributed by atoms with Crippen LogP contribution in [-0.2, 0) is 6.54 Å². The molecule has 0 saturated carbocycles. The SMILES string of the molecule is CCN(Cc1ccco1)c1cc(C(=O)O)cc(C(C)C)n1. The molecule has 5 heteroatoms. The molecule has 112 valence electrons. The standard InChI is InChI=1S/C16H20N2O3/c1-4-18(10-13-6-5-7-21-13)15-9-12(16(19)20)8-14(17-15)11(2)3/h5-9,11H,4,10H2,1-3H3,(H,19,20). The van der Waals surface area contributed by atoms with Gasteiger partial charge in [0.05, 0.1) is 18.4 Å². The zero-order valence-electron chi connectivity index (χ0n) is 12.5. The second kappa shape index (κ2) is 6.43. The number of anilines is 1. The van der Waals surface area contributed by atoms with Gasteiger partial charge in [-0.05, 0) is 37.1 Å². The zero-order valence-corrected chi connectivity index (χ0v) is 12.5. The van der Waals surface area contributed by atoms with Crippen LogP contribution in [0.5, 0.6) is 0 Å². The van der Waals surface area contributed by atoms with Crippen LogP contribution in [0.15, 0.2) is 34.9 Å². The van der Waals surface area contributed by atoms with Crippen molar-refractivity contribution in [3.8, 4) is 0 Å². The molecule has 0 radical (unpaired) electrons. The van der Waals surface area contributed by atoms with Gasteiger partial charge < -0.3 is 14.4 Å².